The molecular weight excluding hydrogens is 280 g/mol. The van der Waals surface area contributed by atoms with Crippen LogP contribution in [0.1, 0.15) is 37.1 Å². The second-order valence-electron chi connectivity index (χ2n) is 6.44. The summed E-state index contributed by atoms with van der Waals surface area (Å²) in [7, 11) is 1.96. The summed E-state index contributed by atoms with van der Waals surface area (Å²) in [5.41, 5.74) is 1.20. The number of hydrogen-bond donors (Lipinski definition) is 2. The van der Waals surface area contributed by atoms with Crippen molar-refractivity contribution in [2.75, 3.05) is 6.54 Å². The highest BCUT2D eigenvalue weighted by Crippen LogP contribution is 2.37. The number of hydrogen-bond acceptors (Lipinski definition) is 5. The van der Waals surface area contributed by atoms with E-state index in [1.54, 1.807) is 18.9 Å². The number of aromatic nitrogens is 3. The third-order valence-corrected chi connectivity index (χ3v) is 4.62. The molecule has 0 spiro atoms. The van der Waals surface area contributed by atoms with Crippen LogP contribution in [0.25, 0.3) is 0 Å². The van der Waals surface area contributed by atoms with Crippen LogP contribution in [0.15, 0.2) is 29.3 Å². The quantitative estimate of drug-likeness (QED) is 0.845. The monoisotopic (exact) mass is 304 g/mol. The molecule has 0 bridgehead atoms. The summed E-state index contributed by atoms with van der Waals surface area (Å²) in [6.07, 6.45) is 7.61. The molecule has 3 rings (SSSR count). The summed E-state index contributed by atoms with van der Waals surface area (Å²) < 4.78 is 7.05. The van der Waals surface area contributed by atoms with Crippen LogP contribution in [-0.2, 0) is 13.5 Å². The van der Waals surface area contributed by atoms with E-state index in [9.17, 15) is 5.11 Å². The fourth-order valence-corrected chi connectivity index (χ4v) is 3.38. The summed E-state index contributed by atoms with van der Waals surface area (Å²) in [6, 6.07) is 2.35. The number of rotatable bonds is 6. The summed E-state index contributed by atoms with van der Waals surface area (Å²) in [5, 5.41) is 22.0. The van der Waals surface area contributed by atoms with E-state index in [2.05, 4.69) is 22.4 Å². The van der Waals surface area contributed by atoms with Crippen molar-refractivity contribution in [2.24, 2.45) is 13.0 Å². The molecule has 0 aromatic carbocycles. The van der Waals surface area contributed by atoms with Crippen molar-refractivity contribution < 1.29 is 9.52 Å². The smallest absolute Gasteiger partial charge is 0.135 e. The predicted octanol–water partition coefficient (Wildman–Crippen LogP) is 1.48. The van der Waals surface area contributed by atoms with Gasteiger partial charge in [0.1, 0.15) is 12.2 Å². The minimum Gasteiger partial charge on any atom is -0.472 e. The second kappa shape index (κ2) is 6.62. The lowest BCUT2D eigenvalue weighted by Gasteiger charge is -2.19. The molecule has 4 atom stereocenters. The van der Waals surface area contributed by atoms with E-state index < -0.39 is 0 Å². The minimum absolute atomic E-state index is 0.268. The van der Waals surface area contributed by atoms with Gasteiger partial charge in [0.25, 0.3) is 0 Å². The molecule has 2 heterocycles. The van der Waals surface area contributed by atoms with Gasteiger partial charge in [0.2, 0.25) is 0 Å². The fraction of sp³-hybridized carbons (Fsp3) is 0.625. The number of aryl methyl sites for hydroxylation is 1. The Morgan fingerprint density at radius 1 is 1.50 bits per heavy atom. The first kappa shape index (κ1) is 15.2. The normalized spacial score (nSPS) is 26.4. The first-order valence-corrected chi connectivity index (χ1v) is 7.90. The maximum Gasteiger partial charge on any atom is 0.135 e. The fourth-order valence-electron chi connectivity index (χ4n) is 3.38. The maximum absolute atomic E-state index is 10.3. The predicted molar refractivity (Wildman–Crippen MR) is 82.4 cm³/mol. The van der Waals surface area contributed by atoms with Crippen LogP contribution in [-0.4, -0.2) is 38.6 Å². The molecule has 6 heteroatoms. The first-order valence-electron chi connectivity index (χ1n) is 7.90. The topological polar surface area (TPSA) is 76.1 Å². The Hall–Kier alpha value is -1.66. The molecule has 2 N–H and O–H groups in total. The average Bonchev–Trinajstić information content (AvgIpc) is 3.19. The van der Waals surface area contributed by atoms with Crippen molar-refractivity contribution in [2.45, 2.75) is 44.2 Å². The summed E-state index contributed by atoms with van der Waals surface area (Å²) in [4.78, 5) is 0. The standard InChI is InChI=1S/C16H24N4O2/c1-11(5-12-3-4-22-9-12)17-8-14-6-13(7-15(14)21)16-19-18-10-20(16)2/h3-4,9-11,13-15,17,21H,5-8H2,1-2H3/t11?,13-,14+,15+/m0/s1. The summed E-state index contributed by atoms with van der Waals surface area (Å²) in [5.74, 6) is 1.56. The largest absolute Gasteiger partial charge is 0.472 e. The minimum atomic E-state index is -0.268. The van der Waals surface area contributed by atoms with Crippen molar-refractivity contribution in [3.63, 3.8) is 0 Å². The number of furan rings is 1. The Labute approximate surface area is 130 Å². The van der Waals surface area contributed by atoms with Gasteiger partial charge in [0.05, 0.1) is 18.6 Å². The van der Waals surface area contributed by atoms with Crippen molar-refractivity contribution in [1.29, 1.82) is 0 Å². The lowest BCUT2D eigenvalue weighted by atomic mass is 10.0. The van der Waals surface area contributed by atoms with Gasteiger partial charge in [0.15, 0.2) is 0 Å². The van der Waals surface area contributed by atoms with Crippen LogP contribution in [0, 0.1) is 5.92 Å². The molecule has 2 aromatic heterocycles. The van der Waals surface area contributed by atoms with Gasteiger partial charge in [-0.2, -0.15) is 0 Å². The highest BCUT2D eigenvalue weighted by molar-refractivity contribution is 5.07. The zero-order valence-corrected chi connectivity index (χ0v) is 13.1. The number of nitrogens with zero attached hydrogens (tertiary/aromatic N) is 3. The molecule has 22 heavy (non-hydrogen) atoms. The van der Waals surface area contributed by atoms with Gasteiger partial charge in [-0.15, -0.1) is 10.2 Å². The van der Waals surface area contributed by atoms with Crippen LogP contribution in [0.4, 0.5) is 0 Å². The molecule has 0 aliphatic heterocycles. The van der Waals surface area contributed by atoms with Gasteiger partial charge in [-0.05, 0) is 43.7 Å². The Kier molecular flexibility index (Phi) is 4.59. The highest BCUT2D eigenvalue weighted by Gasteiger charge is 2.35. The molecule has 1 unspecified atom stereocenters. The summed E-state index contributed by atoms with van der Waals surface area (Å²) >= 11 is 0. The van der Waals surface area contributed by atoms with Crippen LogP contribution in [0.5, 0.6) is 0 Å². The first-order chi connectivity index (χ1) is 10.6. The van der Waals surface area contributed by atoms with E-state index in [1.165, 1.54) is 5.56 Å². The molecule has 0 saturated heterocycles. The van der Waals surface area contributed by atoms with Crippen molar-refractivity contribution in [1.82, 2.24) is 20.1 Å². The molecule has 6 nitrogen and oxygen atoms in total. The lowest BCUT2D eigenvalue weighted by molar-refractivity contribution is 0.129. The van der Waals surface area contributed by atoms with Crippen LogP contribution in [0.3, 0.4) is 0 Å². The van der Waals surface area contributed by atoms with Crippen LogP contribution in [0.2, 0.25) is 0 Å². The SMILES string of the molecule is CC(Cc1ccoc1)NC[C@H]1C[C@H](c2nncn2C)C[C@H]1O. The lowest BCUT2D eigenvalue weighted by Crippen LogP contribution is -2.35. The zero-order valence-electron chi connectivity index (χ0n) is 13.1. The van der Waals surface area contributed by atoms with E-state index >= 15 is 0 Å². The van der Waals surface area contributed by atoms with Gasteiger partial charge in [0, 0.05) is 25.6 Å². The molecule has 1 fully saturated rings. The van der Waals surface area contributed by atoms with Gasteiger partial charge < -0.3 is 19.4 Å². The van der Waals surface area contributed by atoms with E-state index in [0.717, 1.165) is 31.6 Å². The number of nitrogens with one attached hydrogen (secondary N) is 1. The van der Waals surface area contributed by atoms with Gasteiger partial charge >= 0.3 is 0 Å². The Morgan fingerprint density at radius 2 is 2.36 bits per heavy atom. The van der Waals surface area contributed by atoms with Gasteiger partial charge in [-0.1, -0.05) is 0 Å². The number of aliphatic hydroxyl groups excluding tert-OH is 1. The molecule has 1 saturated carbocycles. The third kappa shape index (κ3) is 3.39. The Morgan fingerprint density at radius 3 is 3.05 bits per heavy atom. The van der Waals surface area contributed by atoms with E-state index in [1.807, 2.05) is 17.7 Å². The van der Waals surface area contributed by atoms with Gasteiger partial charge in [-0.25, -0.2) is 0 Å². The molecular formula is C16H24N4O2. The molecule has 2 aromatic rings. The highest BCUT2D eigenvalue weighted by atomic mass is 16.3. The third-order valence-electron chi connectivity index (χ3n) is 4.62. The molecule has 1 aliphatic carbocycles. The number of aliphatic hydroxyl groups is 1. The second-order valence-corrected chi connectivity index (χ2v) is 6.44. The van der Waals surface area contributed by atoms with E-state index in [0.29, 0.717) is 12.0 Å². The van der Waals surface area contributed by atoms with Crippen LogP contribution >= 0.6 is 0 Å². The average molecular weight is 304 g/mol. The van der Waals surface area contributed by atoms with Crippen LogP contribution < -0.4 is 5.32 Å². The summed E-state index contributed by atoms with van der Waals surface area (Å²) in [6.45, 7) is 2.99. The maximum atomic E-state index is 10.3. The van der Waals surface area contributed by atoms with E-state index in [4.69, 9.17) is 4.42 Å². The van der Waals surface area contributed by atoms with Gasteiger partial charge in [-0.3, -0.25) is 0 Å². The van der Waals surface area contributed by atoms with Crippen molar-refractivity contribution in [3.05, 3.63) is 36.3 Å². The molecule has 1 aliphatic rings. The van der Waals surface area contributed by atoms with Crippen molar-refractivity contribution >= 4 is 0 Å². The molecule has 0 amide bonds. The Balaban J connectivity index is 1.49. The van der Waals surface area contributed by atoms with Crippen molar-refractivity contribution in [3.8, 4) is 0 Å². The molecule has 120 valence electrons. The zero-order chi connectivity index (χ0) is 15.5. The molecule has 0 radical (unpaired) electrons. The Bertz CT molecular complexity index is 581. The van der Waals surface area contributed by atoms with E-state index in [-0.39, 0.29) is 12.0 Å².